The van der Waals surface area contributed by atoms with E-state index in [1.54, 1.807) is 6.20 Å². The van der Waals surface area contributed by atoms with Gasteiger partial charge in [-0.3, -0.25) is 0 Å². The molecule has 1 fully saturated rings. The summed E-state index contributed by atoms with van der Waals surface area (Å²) in [5.74, 6) is 1.22. The lowest BCUT2D eigenvalue weighted by Gasteiger charge is -2.32. The van der Waals surface area contributed by atoms with Crippen molar-refractivity contribution in [1.29, 1.82) is 0 Å². The van der Waals surface area contributed by atoms with Crippen LogP contribution in [0, 0.1) is 6.92 Å². The molecule has 2 aromatic heterocycles. The minimum atomic E-state index is -3.12. The van der Waals surface area contributed by atoms with Crippen LogP contribution in [0.3, 0.4) is 0 Å². The Kier molecular flexibility index (Phi) is 5.52. The van der Waals surface area contributed by atoms with Gasteiger partial charge in [0.15, 0.2) is 15.7 Å². The summed E-state index contributed by atoms with van der Waals surface area (Å²) in [4.78, 5) is 22.3. The average molecular weight is 428 g/mol. The fraction of sp³-hybridized carbons (Fsp3) is 0.400. The Bertz CT molecular complexity index is 1170. The molecule has 0 bridgehead atoms. The number of rotatable bonds is 5. The Morgan fingerprint density at radius 3 is 2.60 bits per heavy atom. The number of nitrogens with zero attached hydrogens (tertiary/aromatic N) is 6. The molecule has 0 amide bonds. The molecule has 0 radical (unpaired) electrons. The lowest BCUT2D eigenvalue weighted by molar-refractivity contribution is 0.311. The summed E-state index contributed by atoms with van der Waals surface area (Å²) in [6.07, 6.45) is 4.42. The zero-order chi connectivity index (χ0) is 21.3. The second kappa shape index (κ2) is 8.11. The molecule has 0 unspecified atom stereocenters. The third kappa shape index (κ3) is 4.65. The first-order valence-electron chi connectivity index (χ1n) is 9.74. The highest BCUT2D eigenvalue weighted by molar-refractivity contribution is 7.89. The summed E-state index contributed by atoms with van der Waals surface area (Å²) >= 11 is 0. The van der Waals surface area contributed by atoms with Gasteiger partial charge in [0.25, 0.3) is 0 Å². The summed E-state index contributed by atoms with van der Waals surface area (Å²) in [6.45, 7) is 5.62. The number of piperazine rings is 1. The van der Waals surface area contributed by atoms with Crippen LogP contribution in [0.15, 0.2) is 30.7 Å². The smallest absolute Gasteiger partial charge is 0.226 e. The van der Waals surface area contributed by atoms with Crippen LogP contribution in [0.4, 0.5) is 17.5 Å². The van der Waals surface area contributed by atoms with E-state index in [2.05, 4.69) is 37.1 Å². The number of nitrogens with one attached hydrogen (secondary N) is 1. The number of fused-ring (bicyclic) bond motifs is 1. The van der Waals surface area contributed by atoms with Gasteiger partial charge in [-0.05, 0) is 31.2 Å². The Morgan fingerprint density at radius 1 is 1.10 bits per heavy atom. The third-order valence-corrected chi connectivity index (χ3v) is 5.99. The molecule has 1 aliphatic heterocycles. The molecule has 9 nitrogen and oxygen atoms in total. The van der Waals surface area contributed by atoms with Gasteiger partial charge in [0.2, 0.25) is 5.95 Å². The molecule has 1 N–H and O–H groups in total. The molecule has 4 rings (SSSR count). The van der Waals surface area contributed by atoms with Crippen LogP contribution in [0.2, 0.25) is 0 Å². The number of hydrogen-bond donors (Lipinski definition) is 1. The summed E-state index contributed by atoms with van der Waals surface area (Å²) in [5.41, 5.74) is 3.77. The van der Waals surface area contributed by atoms with Gasteiger partial charge in [0, 0.05) is 38.1 Å². The Balaban J connectivity index is 1.67. The van der Waals surface area contributed by atoms with E-state index in [9.17, 15) is 8.42 Å². The van der Waals surface area contributed by atoms with Crippen LogP contribution in [-0.4, -0.2) is 72.7 Å². The average Bonchev–Trinajstić information content (AvgIpc) is 2.70. The Labute approximate surface area is 176 Å². The minimum Gasteiger partial charge on any atom is -0.338 e. The molecule has 0 saturated carbocycles. The number of aromatic nitrogens is 4. The Hall–Kier alpha value is -2.85. The van der Waals surface area contributed by atoms with Crippen molar-refractivity contribution in [1.82, 2.24) is 24.8 Å². The standard InChI is InChI=1S/C20H25N7O2S/c1-14-4-5-15(12-30(3,28)29)10-16(14)24-19-18-17(22-13-23-19)11-21-20(25-18)27-8-6-26(2)7-9-27/h4-5,10-11,13H,6-9,12H2,1-3H3,(H,22,23,24). The van der Waals surface area contributed by atoms with Crippen molar-refractivity contribution in [2.24, 2.45) is 0 Å². The van der Waals surface area contributed by atoms with Crippen molar-refractivity contribution in [2.45, 2.75) is 12.7 Å². The maximum Gasteiger partial charge on any atom is 0.226 e. The molecular formula is C20H25N7O2S. The zero-order valence-electron chi connectivity index (χ0n) is 17.3. The molecule has 1 aliphatic rings. The third-order valence-electron chi connectivity index (χ3n) is 5.13. The quantitative estimate of drug-likeness (QED) is 0.652. The van der Waals surface area contributed by atoms with Crippen LogP contribution >= 0.6 is 0 Å². The van der Waals surface area contributed by atoms with E-state index >= 15 is 0 Å². The fourth-order valence-corrected chi connectivity index (χ4v) is 4.20. The topological polar surface area (TPSA) is 104 Å². The SMILES string of the molecule is Cc1ccc(CS(C)(=O)=O)cc1Nc1ncnc2cnc(N3CCN(C)CC3)nc12. The second-order valence-electron chi connectivity index (χ2n) is 7.76. The first-order valence-corrected chi connectivity index (χ1v) is 11.8. The second-order valence-corrected chi connectivity index (χ2v) is 9.90. The molecule has 0 spiro atoms. The van der Waals surface area contributed by atoms with E-state index in [0.717, 1.165) is 43.0 Å². The summed E-state index contributed by atoms with van der Waals surface area (Å²) in [7, 11) is -1.01. The van der Waals surface area contributed by atoms with Crippen LogP contribution in [0.1, 0.15) is 11.1 Å². The minimum absolute atomic E-state index is 0.0117. The van der Waals surface area contributed by atoms with Crippen molar-refractivity contribution in [3.05, 3.63) is 41.9 Å². The van der Waals surface area contributed by atoms with Gasteiger partial charge in [-0.1, -0.05) is 12.1 Å². The molecule has 0 aliphatic carbocycles. The molecule has 1 aromatic carbocycles. The van der Waals surface area contributed by atoms with Crippen LogP contribution < -0.4 is 10.2 Å². The number of likely N-dealkylation sites (N-methyl/N-ethyl adjacent to an activating group) is 1. The maximum absolute atomic E-state index is 11.7. The van der Waals surface area contributed by atoms with Gasteiger partial charge in [-0.25, -0.2) is 28.4 Å². The maximum atomic E-state index is 11.7. The Morgan fingerprint density at radius 2 is 1.87 bits per heavy atom. The van der Waals surface area contributed by atoms with Gasteiger partial charge in [0.1, 0.15) is 17.4 Å². The van der Waals surface area contributed by atoms with Crippen LogP contribution in [-0.2, 0) is 15.6 Å². The van der Waals surface area contributed by atoms with E-state index in [1.807, 2.05) is 25.1 Å². The van der Waals surface area contributed by atoms with E-state index in [0.29, 0.717) is 22.8 Å². The number of sulfone groups is 1. The molecule has 3 heterocycles. The normalized spacial score (nSPS) is 15.5. The van der Waals surface area contributed by atoms with Gasteiger partial charge < -0.3 is 15.1 Å². The van der Waals surface area contributed by atoms with Crippen molar-refractivity contribution in [3.63, 3.8) is 0 Å². The van der Waals surface area contributed by atoms with E-state index < -0.39 is 9.84 Å². The van der Waals surface area contributed by atoms with Gasteiger partial charge >= 0.3 is 0 Å². The lowest BCUT2D eigenvalue weighted by atomic mass is 10.1. The number of aryl methyl sites for hydroxylation is 1. The van der Waals surface area contributed by atoms with Crippen molar-refractivity contribution < 1.29 is 8.42 Å². The predicted octanol–water partition coefficient (Wildman–Crippen LogP) is 1.77. The highest BCUT2D eigenvalue weighted by atomic mass is 32.2. The molecule has 3 aromatic rings. The van der Waals surface area contributed by atoms with Crippen molar-refractivity contribution in [2.75, 3.05) is 49.7 Å². The van der Waals surface area contributed by atoms with E-state index in [4.69, 9.17) is 4.98 Å². The number of hydrogen-bond acceptors (Lipinski definition) is 9. The highest BCUT2D eigenvalue weighted by Crippen LogP contribution is 2.26. The lowest BCUT2D eigenvalue weighted by Crippen LogP contribution is -2.45. The first-order chi connectivity index (χ1) is 14.3. The monoisotopic (exact) mass is 427 g/mol. The molecule has 10 heteroatoms. The predicted molar refractivity (Wildman–Crippen MR) is 118 cm³/mol. The van der Waals surface area contributed by atoms with Gasteiger partial charge in [-0.2, -0.15) is 0 Å². The highest BCUT2D eigenvalue weighted by Gasteiger charge is 2.18. The molecule has 30 heavy (non-hydrogen) atoms. The summed E-state index contributed by atoms with van der Waals surface area (Å²) < 4.78 is 23.3. The summed E-state index contributed by atoms with van der Waals surface area (Å²) in [6, 6.07) is 5.57. The van der Waals surface area contributed by atoms with Gasteiger partial charge in [0.05, 0.1) is 11.9 Å². The van der Waals surface area contributed by atoms with Crippen molar-refractivity contribution >= 4 is 38.3 Å². The van der Waals surface area contributed by atoms with Crippen LogP contribution in [0.25, 0.3) is 11.0 Å². The molecule has 0 atom stereocenters. The number of anilines is 3. The van der Waals surface area contributed by atoms with Crippen molar-refractivity contribution in [3.8, 4) is 0 Å². The zero-order valence-corrected chi connectivity index (χ0v) is 18.1. The van der Waals surface area contributed by atoms with Gasteiger partial charge in [-0.15, -0.1) is 0 Å². The van der Waals surface area contributed by atoms with E-state index in [1.165, 1.54) is 12.6 Å². The fourth-order valence-electron chi connectivity index (χ4n) is 3.42. The molecule has 1 saturated heterocycles. The first kappa shape index (κ1) is 20.4. The largest absolute Gasteiger partial charge is 0.338 e. The molecular weight excluding hydrogens is 402 g/mol. The van der Waals surface area contributed by atoms with E-state index in [-0.39, 0.29) is 5.75 Å². The summed E-state index contributed by atoms with van der Waals surface area (Å²) in [5, 5.41) is 3.32. The molecule has 158 valence electrons. The van der Waals surface area contributed by atoms with Crippen LogP contribution in [0.5, 0.6) is 0 Å². The number of benzene rings is 1.